The molecular weight excluding hydrogens is 372 g/mol. The van der Waals surface area contributed by atoms with Crippen LogP contribution in [0.3, 0.4) is 0 Å². The summed E-state index contributed by atoms with van der Waals surface area (Å²) in [5.74, 6) is 1.67. The van der Waals surface area contributed by atoms with Gasteiger partial charge in [0, 0.05) is 18.3 Å². The van der Waals surface area contributed by atoms with Gasteiger partial charge in [0.15, 0.2) is 5.82 Å². The van der Waals surface area contributed by atoms with Crippen molar-refractivity contribution in [1.29, 1.82) is 0 Å². The van der Waals surface area contributed by atoms with Gasteiger partial charge in [-0.1, -0.05) is 20.3 Å². The molecule has 7 heteroatoms. The van der Waals surface area contributed by atoms with Crippen molar-refractivity contribution in [2.75, 3.05) is 12.8 Å². The Bertz CT molecular complexity index is 773. The van der Waals surface area contributed by atoms with Crippen molar-refractivity contribution in [2.45, 2.75) is 45.4 Å². The Morgan fingerprint density at radius 2 is 2.29 bits per heavy atom. The molecule has 2 aromatic heterocycles. The molecular formula is C17H23BrN4O2. The molecule has 0 amide bonds. The van der Waals surface area contributed by atoms with Gasteiger partial charge in [0.05, 0.1) is 12.5 Å². The van der Waals surface area contributed by atoms with Crippen molar-refractivity contribution in [3.05, 3.63) is 22.8 Å². The van der Waals surface area contributed by atoms with E-state index >= 15 is 0 Å². The summed E-state index contributed by atoms with van der Waals surface area (Å²) in [7, 11) is 1.48. The van der Waals surface area contributed by atoms with E-state index in [-0.39, 0.29) is 17.8 Å². The molecule has 0 aliphatic heterocycles. The van der Waals surface area contributed by atoms with Gasteiger partial charge in [0.2, 0.25) is 0 Å². The van der Waals surface area contributed by atoms with Gasteiger partial charge >= 0.3 is 5.97 Å². The quantitative estimate of drug-likeness (QED) is 0.804. The lowest BCUT2D eigenvalue weighted by Crippen LogP contribution is -2.41. The number of rotatable bonds is 3. The molecule has 0 spiro atoms. The maximum absolute atomic E-state index is 12.5. The molecule has 0 unspecified atom stereocenters. The summed E-state index contributed by atoms with van der Waals surface area (Å²) in [4.78, 5) is 21.4. The lowest BCUT2D eigenvalue weighted by Gasteiger charge is -2.41. The van der Waals surface area contributed by atoms with E-state index in [9.17, 15) is 4.79 Å². The zero-order chi connectivity index (χ0) is 17.5. The molecule has 0 aromatic carbocycles. The second-order valence-electron chi connectivity index (χ2n) is 6.89. The van der Waals surface area contributed by atoms with Crippen LogP contribution in [-0.4, -0.2) is 27.4 Å². The van der Waals surface area contributed by atoms with Gasteiger partial charge in [0.25, 0.3) is 0 Å². The smallest absolute Gasteiger partial charge is 0.312 e. The predicted molar refractivity (Wildman–Crippen MR) is 95.6 cm³/mol. The Labute approximate surface area is 149 Å². The number of halogens is 1. The first-order valence-electron chi connectivity index (χ1n) is 8.27. The van der Waals surface area contributed by atoms with Crippen LogP contribution in [0.4, 0.5) is 5.82 Å². The molecule has 2 atom stereocenters. The van der Waals surface area contributed by atoms with Gasteiger partial charge in [-0.2, -0.15) is 0 Å². The highest BCUT2D eigenvalue weighted by molar-refractivity contribution is 9.10. The Hall–Kier alpha value is -1.63. The summed E-state index contributed by atoms with van der Waals surface area (Å²) in [6.07, 6.45) is 7.14. The number of carbonyl (C=O) groups is 1. The average Bonchev–Trinajstić information content (AvgIpc) is 2.92. The van der Waals surface area contributed by atoms with Gasteiger partial charge in [-0.25, -0.2) is 9.97 Å². The number of aromatic nitrogens is 3. The maximum Gasteiger partial charge on any atom is 0.312 e. The van der Waals surface area contributed by atoms with Crippen LogP contribution in [0.2, 0.25) is 0 Å². The zero-order valence-corrected chi connectivity index (χ0v) is 15.8. The van der Waals surface area contributed by atoms with Crippen LogP contribution < -0.4 is 5.73 Å². The number of nitrogen functional groups attached to an aromatic ring is 1. The van der Waals surface area contributed by atoms with Crippen LogP contribution in [0.5, 0.6) is 0 Å². The Morgan fingerprint density at radius 1 is 1.54 bits per heavy atom. The molecule has 2 aromatic rings. The van der Waals surface area contributed by atoms with E-state index in [1.54, 1.807) is 6.20 Å². The summed E-state index contributed by atoms with van der Waals surface area (Å²) >= 11 is 3.49. The molecule has 0 saturated heterocycles. The van der Waals surface area contributed by atoms with E-state index in [4.69, 9.17) is 15.5 Å². The zero-order valence-electron chi connectivity index (χ0n) is 14.3. The van der Waals surface area contributed by atoms with E-state index in [2.05, 4.69) is 34.8 Å². The Balaban J connectivity index is 2.04. The summed E-state index contributed by atoms with van der Waals surface area (Å²) in [6.45, 7) is 4.20. The SMILES string of the molecule is COC(=O)[C@@]1(C(C)C)CCC[C@H](c2nc(Br)c3c(N)nccn23)C1. The molecule has 0 radical (unpaired) electrons. The van der Waals surface area contributed by atoms with Crippen molar-refractivity contribution in [1.82, 2.24) is 14.4 Å². The van der Waals surface area contributed by atoms with E-state index in [0.29, 0.717) is 10.4 Å². The molecule has 1 aliphatic carbocycles. The third kappa shape index (κ3) is 2.59. The number of carbonyl (C=O) groups excluding carboxylic acids is 1. The van der Waals surface area contributed by atoms with E-state index < -0.39 is 5.41 Å². The second kappa shape index (κ2) is 6.35. The standard InChI is InChI=1S/C17H23BrN4O2/c1-10(2)17(16(23)24-3)6-4-5-11(9-17)15-21-13(18)12-14(19)20-7-8-22(12)15/h7-8,10-11H,4-6,9H2,1-3H3,(H2,19,20)/t11-,17-/m0/s1. The van der Waals surface area contributed by atoms with Gasteiger partial charge < -0.3 is 10.5 Å². The number of esters is 1. The topological polar surface area (TPSA) is 82.5 Å². The number of hydrogen-bond acceptors (Lipinski definition) is 5. The van der Waals surface area contributed by atoms with Gasteiger partial charge in [-0.3, -0.25) is 9.20 Å². The molecule has 2 N–H and O–H groups in total. The number of ether oxygens (including phenoxy) is 1. The van der Waals surface area contributed by atoms with Gasteiger partial charge in [-0.15, -0.1) is 0 Å². The summed E-state index contributed by atoms with van der Waals surface area (Å²) in [5.41, 5.74) is 6.33. The van der Waals surface area contributed by atoms with Gasteiger partial charge in [0.1, 0.15) is 15.9 Å². The van der Waals surface area contributed by atoms with Crippen molar-refractivity contribution in [3.63, 3.8) is 0 Å². The van der Waals surface area contributed by atoms with Crippen molar-refractivity contribution >= 4 is 33.2 Å². The fourth-order valence-electron chi connectivity index (χ4n) is 4.01. The van der Waals surface area contributed by atoms with E-state index in [1.165, 1.54) is 7.11 Å². The molecule has 6 nitrogen and oxygen atoms in total. The minimum Gasteiger partial charge on any atom is -0.469 e. The molecule has 24 heavy (non-hydrogen) atoms. The Kier molecular flexibility index (Phi) is 4.55. The van der Waals surface area contributed by atoms with E-state index in [1.807, 2.05) is 10.6 Å². The number of imidazole rings is 1. The van der Waals surface area contributed by atoms with Crippen LogP contribution in [0, 0.1) is 11.3 Å². The average molecular weight is 395 g/mol. The van der Waals surface area contributed by atoms with Crippen LogP contribution >= 0.6 is 15.9 Å². The van der Waals surface area contributed by atoms with Crippen LogP contribution in [0.1, 0.15) is 51.3 Å². The summed E-state index contributed by atoms with van der Waals surface area (Å²) in [5, 5.41) is 0. The van der Waals surface area contributed by atoms with Crippen molar-refractivity contribution in [3.8, 4) is 0 Å². The van der Waals surface area contributed by atoms with E-state index in [0.717, 1.165) is 37.0 Å². The lowest BCUT2D eigenvalue weighted by atomic mass is 9.63. The van der Waals surface area contributed by atoms with Crippen molar-refractivity contribution in [2.24, 2.45) is 11.3 Å². The maximum atomic E-state index is 12.5. The second-order valence-corrected chi connectivity index (χ2v) is 7.64. The third-order valence-electron chi connectivity index (χ3n) is 5.42. The summed E-state index contributed by atoms with van der Waals surface area (Å²) in [6, 6.07) is 0. The number of anilines is 1. The van der Waals surface area contributed by atoms with Crippen LogP contribution in [0.15, 0.2) is 17.0 Å². The normalized spacial score (nSPS) is 24.5. The molecule has 0 bridgehead atoms. The highest BCUT2D eigenvalue weighted by atomic mass is 79.9. The molecule has 1 saturated carbocycles. The monoisotopic (exact) mass is 394 g/mol. The van der Waals surface area contributed by atoms with Crippen LogP contribution in [-0.2, 0) is 9.53 Å². The number of fused-ring (bicyclic) bond motifs is 1. The minimum atomic E-state index is -0.450. The largest absolute Gasteiger partial charge is 0.469 e. The molecule has 130 valence electrons. The Morgan fingerprint density at radius 3 is 2.96 bits per heavy atom. The fraction of sp³-hybridized carbons (Fsp3) is 0.588. The molecule has 3 rings (SSSR count). The van der Waals surface area contributed by atoms with Gasteiger partial charge in [-0.05, 0) is 41.1 Å². The van der Waals surface area contributed by atoms with Crippen molar-refractivity contribution < 1.29 is 9.53 Å². The van der Waals surface area contributed by atoms with Crippen LogP contribution in [0.25, 0.3) is 5.52 Å². The highest BCUT2D eigenvalue weighted by Crippen LogP contribution is 2.49. The predicted octanol–water partition coefficient (Wildman–Crippen LogP) is 3.55. The minimum absolute atomic E-state index is 0.108. The number of nitrogens with zero attached hydrogens (tertiary/aromatic N) is 3. The highest BCUT2D eigenvalue weighted by Gasteiger charge is 2.47. The number of methoxy groups -OCH3 is 1. The third-order valence-corrected chi connectivity index (χ3v) is 5.97. The molecule has 2 heterocycles. The lowest BCUT2D eigenvalue weighted by molar-refractivity contribution is -0.159. The number of hydrogen-bond donors (Lipinski definition) is 1. The first-order valence-corrected chi connectivity index (χ1v) is 9.06. The molecule has 1 aliphatic rings. The first-order chi connectivity index (χ1) is 11.4. The number of nitrogens with two attached hydrogens (primary N) is 1. The molecule has 1 fully saturated rings. The summed E-state index contributed by atoms with van der Waals surface area (Å²) < 4.78 is 7.83. The first kappa shape index (κ1) is 17.2. The fourth-order valence-corrected chi connectivity index (χ4v) is 4.58.